The molecule has 2 atom stereocenters. The lowest BCUT2D eigenvalue weighted by molar-refractivity contribution is 0.144. The van der Waals surface area contributed by atoms with Crippen molar-refractivity contribution < 1.29 is 9.50 Å². The molecule has 0 amide bonds. The Labute approximate surface area is 139 Å². The predicted octanol–water partition coefficient (Wildman–Crippen LogP) is 3.99. The molecule has 0 saturated heterocycles. The Morgan fingerprint density at radius 1 is 1.27 bits per heavy atom. The number of aliphatic hydroxyl groups excluding tert-OH is 1. The number of hydrogen-bond acceptors (Lipinski definition) is 3. The van der Waals surface area contributed by atoms with E-state index < -0.39 is 12.1 Å². The van der Waals surface area contributed by atoms with Gasteiger partial charge in [0.15, 0.2) is 5.16 Å². The third-order valence-corrected chi connectivity index (χ3v) is 5.41. The van der Waals surface area contributed by atoms with Crippen LogP contribution >= 0.6 is 27.7 Å². The van der Waals surface area contributed by atoms with Gasteiger partial charge in [-0.3, -0.25) is 0 Å². The zero-order chi connectivity index (χ0) is 15.3. The average molecular weight is 379 g/mol. The largest absolute Gasteiger partial charge is 0.390 e. The molecule has 2 aromatic carbocycles. The topological polar surface area (TPSA) is 38.1 Å². The van der Waals surface area contributed by atoms with E-state index in [1.54, 1.807) is 12.1 Å². The van der Waals surface area contributed by atoms with Crippen molar-refractivity contribution in [3.8, 4) is 0 Å². The fourth-order valence-electron chi connectivity index (χ4n) is 2.90. The number of benzene rings is 2. The summed E-state index contributed by atoms with van der Waals surface area (Å²) in [7, 11) is 0. The van der Waals surface area contributed by atoms with Crippen molar-refractivity contribution in [3.63, 3.8) is 0 Å². The minimum absolute atomic E-state index is 0.317. The Morgan fingerprint density at radius 3 is 2.95 bits per heavy atom. The number of fused-ring (bicyclic) bond motifs is 3. The van der Waals surface area contributed by atoms with Crippen LogP contribution in [0.15, 0.2) is 52.1 Å². The van der Waals surface area contributed by atoms with Gasteiger partial charge in [0, 0.05) is 15.8 Å². The van der Waals surface area contributed by atoms with E-state index >= 15 is 0 Å². The first-order valence-electron chi connectivity index (χ1n) is 6.88. The molecule has 1 aromatic heterocycles. The first kappa shape index (κ1) is 14.2. The van der Waals surface area contributed by atoms with Crippen molar-refractivity contribution in [2.45, 2.75) is 17.3 Å². The van der Waals surface area contributed by atoms with Gasteiger partial charge in [-0.05, 0) is 30.3 Å². The third-order valence-electron chi connectivity index (χ3n) is 3.87. The van der Waals surface area contributed by atoms with E-state index in [0.717, 1.165) is 20.7 Å². The van der Waals surface area contributed by atoms with Crippen LogP contribution in [0.4, 0.5) is 4.39 Å². The molecule has 0 saturated carbocycles. The summed E-state index contributed by atoms with van der Waals surface area (Å²) in [6.45, 7) is 0. The Hall–Kier alpha value is -1.37. The molecule has 0 unspecified atom stereocenters. The lowest BCUT2D eigenvalue weighted by Crippen LogP contribution is -2.32. The van der Waals surface area contributed by atoms with Crippen LogP contribution < -0.4 is 0 Å². The summed E-state index contributed by atoms with van der Waals surface area (Å²) in [5.74, 6) is 0.183. The van der Waals surface area contributed by atoms with Crippen LogP contribution in [0.3, 0.4) is 0 Å². The van der Waals surface area contributed by atoms with E-state index in [2.05, 4.69) is 20.9 Å². The molecule has 0 aliphatic carbocycles. The Morgan fingerprint density at radius 2 is 2.09 bits per heavy atom. The fourth-order valence-corrected chi connectivity index (χ4v) is 4.30. The maximum atomic E-state index is 14.4. The van der Waals surface area contributed by atoms with Crippen LogP contribution in [-0.4, -0.2) is 26.5 Å². The number of halogens is 2. The minimum atomic E-state index is -0.668. The highest BCUT2D eigenvalue weighted by Crippen LogP contribution is 2.39. The van der Waals surface area contributed by atoms with Gasteiger partial charge in [0.1, 0.15) is 5.82 Å². The number of para-hydroxylation sites is 2. The van der Waals surface area contributed by atoms with Crippen molar-refractivity contribution in [3.05, 3.63) is 58.3 Å². The van der Waals surface area contributed by atoms with Gasteiger partial charge < -0.3 is 9.67 Å². The van der Waals surface area contributed by atoms with Crippen molar-refractivity contribution in [2.75, 3.05) is 5.75 Å². The molecule has 1 aliphatic heterocycles. The van der Waals surface area contributed by atoms with Gasteiger partial charge in [0.2, 0.25) is 0 Å². The first-order valence-corrected chi connectivity index (χ1v) is 8.66. The first-order chi connectivity index (χ1) is 10.6. The number of thioether (sulfide) groups is 1. The lowest BCUT2D eigenvalue weighted by Gasteiger charge is -2.31. The van der Waals surface area contributed by atoms with Crippen LogP contribution in [0.1, 0.15) is 11.6 Å². The SMILES string of the molecule is O[C@@H]1CSc2nc3ccccc3n2[C@H]1c1cc(Br)ccc1F. The van der Waals surface area contributed by atoms with Crippen LogP contribution in [0, 0.1) is 5.82 Å². The second-order valence-corrected chi connectivity index (χ2v) is 7.14. The van der Waals surface area contributed by atoms with Crippen LogP contribution in [-0.2, 0) is 0 Å². The molecule has 112 valence electrons. The Bertz CT molecular complexity index is 866. The van der Waals surface area contributed by atoms with Crippen LogP contribution in [0.2, 0.25) is 0 Å². The predicted molar refractivity (Wildman–Crippen MR) is 88.7 cm³/mol. The van der Waals surface area contributed by atoms with Gasteiger partial charge in [0.05, 0.1) is 23.2 Å². The highest BCUT2D eigenvalue weighted by Gasteiger charge is 2.33. The Balaban J connectivity index is 1.99. The van der Waals surface area contributed by atoms with E-state index in [9.17, 15) is 9.50 Å². The summed E-state index contributed by atoms with van der Waals surface area (Å²) in [6, 6.07) is 12.1. The molecule has 2 heterocycles. The van der Waals surface area contributed by atoms with Gasteiger partial charge in [-0.25, -0.2) is 9.37 Å². The summed E-state index contributed by atoms with van der Waals surface area (Å²) in [6.07, 6.45) is -0.668. The van der Waals surface area contributed by atoms with Crippen molar-refractivity contribution in [1.82, 2.24) is 9.55 Å². The molecule has 0 radical (unpaired) electrons. The molecule has 1 aliphatic rings. The summed E-state index contributed by atoms with van der Waals surface area (Å²) in [5.41, 5.74) is 2.25. The summed E-state index contributed by atoms with van der Waals surface area (Å²) in [4.78, 5) is 4.60. The number of aromatic nitrogens is 2. The molecule has 6 heteroatoms. The van der Waals surface area contributed by atoms with Gasteiger partial charge >= 0.3 is 0 Å². The van der Waals surface area contributed by atoms with Crippen LogP contribution in [0.25, 0.3) is 11.0 Å². The van der Waals surface area contributed by atoms with Crippen LogP contribution in [0.5, 0.6) is 0 Å². The van der Waals surface area contributed by atoms with E-state index in [-0.39, 0.29) is 5.82 Å². The highest BCUT2D eigenvalue weighted by atomic mass is 79.9. The smallest absolute Gasteiger partial charge is 0.169 e. The molecule has 0 spiro atoms. The van der Waals surface area contributed by atoms with Crippen molar-refractivity contribution >= 4 is 38.7 Å². The quantitative estimate of drug-likeness (QED) is 0.695. The number of hydrogen-bond donors (Lipinski definition) is 1. The minimum Gasteiger partial charge on any atom is -0.390 e. The maximum Gasteiger partial charge on any atom is 0.169 e. The molecule has 3 aromatic rings. The van der Waals surface area contributed by atoms with Gasteiger partial charge in [-0.15, -0.1) is 0 Å². The lowest BCUT2D eigenvalue weighted by atomic mass is 10.0. The monoisotopic (exact) mass is 378 g/mol. The van der Waals surface area contributed by atoms with Gasteiger partial charge in [-0.2, -0.15) is 0 Å². The number of nitrogens with zero attached hydrogens (tertiary/aromatic N) is 2. The molecule has 0 bridgehead atoms. The number of rotatable bonds is 1. The molecule has 4 rings (SSSR count). The zero-order valence-electron chi connectivity index (χ0n) is 11.4. The van der Waals surface area contributed by atoms with Crippen molar-refractivity contribution in [1.29, 1.82) is 0 Å². The Kier molecular flexibility index (Phi) is 3.47. The molecule has 0 fully saturated rings. The highest BCUT2D eigenvalue weighted by molar-refractivity contribution is 9.10. The standard InChI is InChI=1S/C16H12BrFN2OS/c17-9-5-6-11(18)10(7-9)15-14(21)8-22-16-19-12-3-1-2-4-13(12)20(15)16/h1-7,14-15,21H,8H2/t14-,15+/m1/s1. The normalized spacial score (nSPS) is 21.0. The van der Waals surface area contributed by atoms with Gasteiger partial charge in [0.25, 0.3) is 0 Å². The molecule has 22 heavy (non-hydrogen) atoms. The molecule has 3 nitrogen and oxygen atoms in total. The zero-order valence-corrected chi connectivity index (χ0v) is 13.8. The molecular weight excluding hydrogens is 367 g/mol. The molecule has 1 N–H and O–H groups in total. The maximum absolute atomic E-state index is 14.4. The summed E-state index contributed by atoms with van der Waals surface area (Å²) >= 11 is 4.88. The number of aliphatic hydroxyl groups is 1. The fraction of sp³-hybridized carbons (Fsp3) is 0.188. The average Bonchev–Trinajstić information content (AvgIpc) is 2.89. The second-order valence-electron chi connectivity index (χ2n) is 5.24. The van der Waals surface area contributed by atoms with E-state index in [1.165, 1.54) is 17.8 Å². The third kappa shape index (κ3) is 2.17. The van der Waals surface area contributed by atoms with Gasteiger partial charge in [-0.1, -0.05) is 39.8 Å². The van der Waals surface area contributed by atoms with E-state index in [1.807, 2.05) is 28.8 Å². The van der Waals surface area contributed by atoms with Crippen molar-refractivity contribution in [2.24, 2.45) is 0 Å². The summed E-state index contributed by atoms with van der Waals surface area (Å²) < 4.78 is 17.1. The number of imidazole rings is 1. The molecular formula is C16H12BrFN2OS. The summed E-state index contributed by atoms with van der Waals surface area (Å²) in [5, 5.41) is 11.3. The van der Waals surface area contributed by atoms with E-state index in [4.69, 9.17) is 0 Å². The second kappa shape index (κ2) is 5.37. The van der Waals surface area contributed by atoms with E-state index in [0.29, 0.717) is 11.3 Å².